The molecule has 0 unspecified atom stereocenters. The minimum absolute atomic E-state index is 0.377. The molecular weight excluding hydrogens is 318 g/mol. The molecule has 0 spiro atoms. The quantitative estimate of drug-likeness (QED) is 0.780. The minimum Gasteiger partial charge on any atom is -0.465 e. The van der Waals surface area contributed by atoms with Gasteiger partial charge in [-0.1, -0.05) is 6.07 Å². The zero-order valence-corrected chi connectivity index (χ0v) is 14.7. The molecule has 6 heteroatoms. The van der Waals surface area contributed by atoms with Gasteiger partial charge in [-0.05, 0) is 56.3 Å². The van der Waals surface area contributed by atoms with Gasteiger partial charge in [-0.2, -0.15) is 0 Å². The molecule has 0 radical (unpaired) electrons. The van der Waals surface area contributed by atoms with Gasteiger partial charge in [-0.3, -0.25) is 0 Å². The van der Waals surface area contributed by atoms with Crippen molar-refractivity contribution in [3.05, 3.63) is 54.1 Å². The van der Waals surface area contributed by atoms with E-state index >= 15 is 0 Å². The standard InChI is InChI=1S/C19H23N3O3/c1-4-22(5-2)17-11-9-15(10-12-17)20-19(24)21-16-8-6-7-14(13-16)18(23)25-3/h6-13H,4-5H2,1-3H3,(H2,20,21,24). The number of benzene rings is 2. The first kappa shape index (κ1) is 18.3. The van der Waals surface area contributed by atoms with Crippen molar-refractivity contribution in [2.75, 3.05) is 35.7 Å². The molecule has 2 aromatic rings. The third-order valence-corrected chi connectivity index (χ3v) is 3.80. The molecule has 0 aliphatic heterocycles. The number of nitrogens with zero attached hydrogens (tertiary/aromatic N) is 1. The summed E-state index contributed by atoms with van der Waals surface area (Å²) in [4.78, 5) is 25.9. The van der Waals surface area contributed by atoms with Crippen molar-refractivity contribution in [1.82, 2.24) is 0 Å². The molecule has 0 aliphatic rings. The monoisotopic (exact) mass is 341 g/mol. The fraction of sp³-hybridized carbons (Fsp3) is 0.263. The summed E-state index contributed by atoms with van der Waals surface area (Å²) in [6, 6.07) is 13.9. The van der Waals surface area contributed by atoms with Crippen LogP contribution in [0.15, 0.2) is 48.5 Å². The molecule has 0 heterocycles. The maximum absolute atomic E-state index is 12.1. The molecule has 2 aromatic carbocycles. The second-order valence-corrected chi connectivity index (χ2v) is 5.37. The number of esters is 1. The van der Waals surface area contributed by atoms with Crippen molar-refractivity contribution >= 4 is 29.1 Å². The highest BCUT2D eigenvalue weighted by atomic mass is 16.5. The summed E-state index contributed by atoms with van der Waals surface area (Å²) in [7, 11) is 1.32. The Morgan fingerprint density at radius 3 is 2.20 bits per heavy atom. The van der Waals surface area contributed by atoms with Gasteiger partial charge in [0.1, 0.15) is 0 Å². The predicted octanol–water partition coefficient (Wildman–Crippen LogP) is 3.96. The van der Waals surface area contributed by atoms with Gasteiger partial charge >= 0.3 is 12.0 Å². The largest absolute Gasteiger partial charge is 0.465 e. The van der Waals surface area contributed by atoms with E-state index in [0.29, 0.717) is 16.9 Å². The zero-order chi connectivity index (χ0) is 18.2. The predicted molar refractivity (Wildman–Crippen MR) is 100 cm³/mol. The first-order valence-corrected chi connectivity index (χ1v) is 8.18. The molecule has 0 fully saturated rings. The lowest BCUT2D eigenvalue weighted by Gasteiger charge is -2.21. The van der Waals surface area contributed by atoms with Crippen molar-refractivity contribution < 1.29 is 14.3 Å². The molecule has 0 saturated carbocycles. The van der Waals surface area contributed by atoms with E-state index < -0.39 is 5.97 Å². The van der Waals surface area contributed by atoms with Crippen LogP contribution in [0, 0.1) is 0 Å². The Hall–Kier alpha value is -3.02. The highest BCUT2D eigenvalue weighted by molar-refractivity contribution is 6.00. The van der Waals surface area contributed by atoms with Gasteiger partial charge < -0.3 is 20.3 Å². The van der Waals surface area contributed by atoms with Crippen LogP contribution < -0.4 is 15.5 Å². The van der Waals surface area contributed by atoms with Crippen molar-refractivity contribution in [2.24, 2.45) is 0 Å². The Kier molecular flexibility index (Phi) is 6.39. The van der Waals surface area contributed by atoms with Gasteiger partial charge in [0.15, 0.2) is 0 Å². The smallest absolute Gasteiger partial charge is 0.337 e. The van der Waals surface area contributed by atoms with Crippen LogP contribution in [0.2, 0.25) is 0 Å². The van der Waals surface area contributed by atoms with Crippen molar-refractivity contribution in [1.29, 1.82) is 0 Å². The molecule has 0 atom stereocenters. The lowest BCUT2D eigenvalue weighted by molar-refractivity contribution is 0.0600. The molecule has 0 aromatic heterocycles. The van der Waals surface area contributed by atoms with E-state index in [-0.39, 0.29) is 6.03 Å². The molecule has 132 valence electrons. The number of nitrogens with one attached hydrogen (secondary N) is 2. The minimum atomic E-state index is -0.448. The normalized spacial score (nSPS) is 10.0. The molecule has 0 aliphatic carbocycles. The summed E-state index contributed by atoms with van der Waals surface area (Å²) in [6.07, 6.45) is 0. The van der Waals surface area contributed by atoms with Crippen LogP contribution in [0.4, 0.5) is 21.9 Å². The Bertz CT molecular complexity index is 725. The van der Waals surface area contributed by atoms with Crippen molar-refractivity contribution in [2.45, 2.75) is 13.8 Å². The summed E-state index contributed by atoms with van der Waals surface area (Å²) in [6.45, 7) is 6.07. The molecule has 2 amide bonds. The van der Waals surface area contributed by atoms with E-state index in [0.717, 1.165) is 18.8 Å². The summed E-state index contributed by atoms with van der Waals surface area (Å²) >= 11 is 0. The van der Waals surface area contributed by atoms with Crippen molar-refractivity contribution in [3.8, 4) is 0 Å². The lowest BCUT2D eigenvalue weighted by atomic mass is 10.2. The number of carbonyl (C=O) groups is 2. The third-order valence-electron chi connectivity index (χ3n) is 3.80. The SMILES string of the molecule is CCN(CC)c1ccc(NC(=O)Nc2cccc(C(=O)OC)c2)cc1. The number of urea groups is 1. The number of hydrogen-bond donors (Lipinski definition) is 2. The maximum atomic E-state index is 12.1. The maximum Gasteiger partial charge on any atom is 0.337 e. The van der Waals surface area contributed by atoms with E-state index in [1.165, 1.54) is 7.11 Å². The Morgan fingerprint density at radius 2 is 1.60 bits per heavy atom. The Morgan fingerprint density at radius 1 is 0.960 bits per heavy atom. The van der Waals surface area contributed by atoms with Crippen LogP contribution in [-0.2, 0) is 4.74 Å². The van der Waals surface area contributed by atoms with Crippen LogP contribution >= 0.6 is 0 Å². The van der Waals surface area contributed by atoms with E-state index in [1.807, 2.05) is 24.3 Å². The van der Waals surface area contributed by atoms with E-state index in [2.05, 4.69) is 34.1 Å². The summed E-state index contributed by atoms with van der Waals surface area (Å²) < 4.78 is 4.67. The average Bonchev–Trinajstić information content (AvgIpc) is 2.63. The average molecular weight is 341 g/mol. The van der Waals surface area contributed by atoms with E-state index in [4.69, 9.17) is 0 Å². The summed E-state index contributed by atoms with van der Waals surface area (Å²) in [5.41, 5.74) is 2.70. The number of hydrogen-bond acceptors (Lipinski definition) is 4. The number of methoxy groups -OCH3 is 1. The third kappa shape index (κ3) is 4.97. The fourth-order valence-electron chi connectivity index (χ4n) is 2.48. The lowest BCUT2D eigenvalue weighted by Crippen LogP contribution is -2.22. The van der Waals surface area contributed by atoms with Gasteiger partial charge in [0.2, 0.25) is 0 Å². The molecule has 0 bridgehead atoms. The van der Waals surface area contributed by atoms with Crippen LogP contribution in [-0.4, -0.2) is 32.2 Å². The van der Waals surface area contributed by atoms with E-state index in [1.54, 1.807) is 24.3 Å². The van der Waals surface area contributed by atoms with Gasteiger partial charge in [0.25, 0.3) is 0 Å². The fourth-order valence-corrected chi connectivity index (χ4v) is 2.48. The first-order chi connectivity index (χ1) is 12.1. The second-order valence-electron chi connectivity index (χ2n) is 5.37. The van der Waals surface area contributed by atoms with Crippen molar-refractivity contribution in [3.63, 3.8) is 0 Å². The summed E-state index contributed by atoms with van der Waals surface area (Å²) in [5.74, 6) is -0.448. The number of rotatable bonds is 6. The Labute approximate surface area is 147 Å². The van der Waals surface area contributed by atoms with Gasteiger partial charge in [0.05, 0.1) is 12.7 Å². The topological polar surface area (TPSA) is 70.7 Å². The number of anilines is 3. The number of ether oxygens (including phenoxy) is 1. The molecule has 25 heavy (non-hydrogen) atoms. The van der Waals surface area contributed by atoms with Crippen LogP contribution in [0.25, 0.3) is 0 Å². The van der Waals surface area contributed by atoms with Crippen LogP contribution in [0.1, 0.15) is 24.2 Å². The Balaban J connectivity index is 1.99. The van der Waals surface area contributed by atoms with Gasteiger partial charge in [0, 0.05) is 30.2 Å². The molecule has 2 rings (SSSR count). The second kappa shape index (κ2) is 8.73. The highest BCUT2D eigenvalue weighted by Gasteiger charge is 2.08. The number of amides is 2. The first-order valence-electron chi connectivity index (χ1n) is 8.18. The molecule has 2 N–H and O–H groups in total. The molecule has 6 nitrogen and oxygen atoms in total. The van der Waals surface area contributed by atoms with Crippen LogP contribution in [0.5, 0.6) is 0 Å². The zero-order valence-electron chi connectivity index (χ0n) is 14.7. The summed E-state index contributed by atoms with van der Waals surface area (Å²) in [5, 5.41) is 5.47. The molecule has 0 saturated heterocycles. The molecular formula is C19H23N3O3. The highest BCUT2D eigenvalue weighted by Crippen LogP contribution is 2.18. The van der Waals surface area contributed by atoms with Gasteiger partial charge in [-0.25, -0.2) is 9.59 Å². The van der Waals surface area contributed by atoms with Gasteiger partial charge in [-0.15, -0.1) is 0 Å². The van der Waals surface area contributed by atoms with E-state index in [9.17, 15) is 9.59 Å². The van der Waals surface area contributed by atoms with Crippen LogP contribution in [0.3, 0.4) is 0 Å². The number of carbonyl (C=O) groups excluding carboxylic acids is 2.